The van der Waals surface area contributed by atoms with E-state index in [2.05, 4.69) is 10.2 Å². The number of hydrogen-bond acceptors (Lipinski definition) is 4. The highest BCUT2D eigenvalue weighted by atomic mass is 35.5. The van der Waals surface area contributed by atoms with Gasteiger partial charge in [-0.2, -0.15) is 0 Å². The molecule has 2 saturated heterocycles. The number of rotatable bonds is 6. The molecule has 0 spiro atoms. The lowest BCUT2D eigenvalue weighted by atomic mass is 9.81. The summed E-state index contributed by atoms with van der Waals surface area (Å²) in [5.74, 6) is -0.431. The smallest absolute Gasteiger partial charge is 0.316 e. The highest BCUT2D eigenvalue weighted by Crippen LogP contribution is 2.43. The van der Waals surface area contributed by atoms with E-state index in [0.717, 1.165) is 11.3 Å². The third kappa shape index (κ3) is 4.27. The molecule has 0 radical (unpaired) electrons. The van der Waals surface area contributed by atoms with Crippen LogP contribution in [0.4, 0.5) is 14.9 Å². The average Bonchev–Trinajstić information content (AvgIpc) is 2.72. The van der Waals surface area contributed by atoms with Gasteiger partial charge < -0.3 is 25.6 Å². The van der Waals surface area contributed by atoms with Crippen molar-refractivity contribution < 1.29 is 18.7 Å². The number of hydrogen-bond donors (Lipinski definition) is 2. The number of piperazine rings is 1. The minimum Gasteiger partial charge on any atom is -0.502 e. The second-order valence-corrected chi connectivity index (χ2v) is 8.03. The summed E-state index contributed by atoms with van der Waals surface area (Å²) in [5, 5.41) is 2.94. The number of nitrogens with two attached hydrogens (primary N) is 1. The van der Waals surface area contributed by atoms with Gasteiger partial charge in [0.15, 0.2) is 0 Å². The molecule has 166 valence electrons. The largest absolute Gasteiger partial charge is 0.502 e. The molecule has 2 heterocycles. The molecule has 2 atom stereocenters. The van der Waals surface area contributed by atoms with E-state index in [-0.39, 0.29) is 23.8 Å². The molecule has 3 N–H and O–H groups in total. The summed E-state index contributed by atoms with van der Waals surface area (Å²) in [4.78, 5) is 27.9. The van der Waals surface area contributed by atoms with Gasteiger partial charge in [-0.15, -0.1) is 0 Å². The molecule has 2 aliphatic rings. The van der Waals surface area contributed by atoms with Gasteiger partial charge in [0.2, 0.25) is 5.91 Å². The second kappa shape index (κ2) is 8.92. The predicted molar refractivity (Wildman–Crippen MR) is 120 cm³/mol. The van der Waals surface area contributed by atoms with E-state index in [1.54, 1.807) is 54.7 Å². The molecule has 2 unspecified atom stereocenters. The number of nitrogens with zero attached hydrogens (tertiary/aromatic N) is 2. The van der Waals surface area contributed by atoms with Crippen molar-refractivity contribution in [2.75, 3.05) is 19.0 Å². The average molecular weight is 457 g/mol. The summed E-state index contributed by atoms with van der Waals surface area (Å²) in [6, 6.07) is 10.7. The zero-order chi connectivity index (χ0) is 22.8. The van der Waals surface area contributed by atoms with Crippen LogP contribution in [-0.4, -0.2) is 47.5 Å². The van der Waals surface area contributed by atoms with Crippen molar-refractivity contribution in [2.45, 2.75) is 18.6 Å². The van der Waals surface area contributed by atoms with Crippen molar-refractivity contribution in [1.82, 2.24) is 9.80 Å². The van der Waals surface area contributed by atoms with E-state index in [9.17, 15) is 14.0 Å². The molecule has 2 aliphatic heterocycles. The standard InChI is InChI=1S/C23H22ClFN4O3/c1-32-13-20-22-19(28(20)11-14-2-7-17(25)8-3-14)12-29(22)21(30)9-5-15-4-6-16(24)10-18(15)27-23(26)31/h2-10,13,19,22H,11-12H2,1H3,(H3,26,27,31)/b9-5+,20-13+. The van der Waals surface area contributed by atoms with Crippen molar-refractivity contribution in [3.8, 4) is 0 Å². The second-order valence-electron chi connectivity index (χ2n) is 7.59. The van der Waals surface area contributed by atoms with Gasteiger partial charge in [-0.1, -0.05) is 29.8 Å². The van der Waals surface area contributed by atoms with Gasteiger partial charge in [-0.25, -0.2) is 9.18 Å². The van der Waals surface area contributed by atoms with Crippen molar-refractivity contribution in [2.24, 2.45) is 5.73 Å². The number of fused-ring (bicyclic) bond motifs is 1. The maximum Gasteiger partial charge on any atom is 0.316 e. The Bertz CT molecular complexity index is 1100. The van der Waals surface area contributed by atoms with Crippen LogP contribution < -0.4 is 11.1 Å². The maximum atomic E-state index is 13.2. The molecule has 32 heavy (non-hydrogen) atoms. The van der Waals surface area contributed by atoms with Crippen LogP contribution in [0.15, 0.2) is 60.5 Å². The zero-order valence-electron chi connectivity index (χ0n) is 17.3. The van der Waals surface area contributed by atoms with Crippen molar-refractivity contribution in [3.05, 3.63) is 82.5 Å². The van der Waals surface area contributed by atoms with Crippen LogP contribution in [0.25, 0.3) is 6.08 Å². The number of urea groups is 1. The highest BCUT2D eigenvalue weighted by Gasteiger charge is 2.56. The molecule has 0 bridgehead atoms. The van der Waals surface area contributed by atoms with E-state index in [1.165, 1.54) is 18.2 Å². The molecule has 3 amide bonds. The SMILES string of the molecule is CO/C=C1\C2C(CN2C(=O)/C=C/c2ccc(Cl)cc2NC(N)=O)N1Cc1ccc(F)cc1. The van der Waals surface area contributed by atoms with Crippen LogP contribution in [0.5, 0.6) is 0 Å². The lowest BCUT2D eigenvalue weighted by Gasteiger charge is -2.63. The Morgan fingerprint density at radius 3 is 2.72 bits per heavy atom. The summed E-state index contributed by atoms with van der Waals surface area (Å²) >= 11 is 5.98. The number of amides is 3. The monoisotopic (exact) mass is 456 g/mol. The van der Waals surface area contributed by atoms with Crippen LogP contribution in [0.3, 0.4) is 0 Å². The first-order chi connectivity index (χ1) is 15.4. The summed E-state index contributed by atoms with van der Waals surface area (Å²) < 4.78 is 18.4. The van der Waals surface area contributed by atoms with E-state index < -0.39 is 6.03 Å². The summed E-state index contributed by atoms with van der Waals surface area (Å²) in [7, 11) is 1.56. The Hall–Kier alpha value is -3.52. The minimum absolute atomic E-state index is 0.0685. The Balaban J connectivity index is 1.44. The molecule has 2 fully saturated rings. The van der Waals surface area contributed by atoms with Gasteiger partial charge in [-0.05, 0) is 41.5 Å². The fraction of sp³-hybridized carbons (Fsp3) is 0.217. The summed E-state index contributed by atoms with van der Waals surface area (Å²) in [5.41, 5.74) is 8.12. The number of anilines is 1. The quantitative estimate of drug-likeness (QED) is 0.514. The van der Waals surface area contributed by atoms with Gasteiger partial charge in [0.25, 0.3) is 0 Å². The van der Waals surface area contributed by atoms with Gasteiger partial charge in [0.05, 0.1) is 30.6 Å². The Morgan fingerprint density at radius 1 is 1.28 bits per heavy atom. The molecule has 0 aliphatic carbocycles. The predicted octanol–water partition coefficient (Wildman–Crippen LogP) is 3.57. The lowest BCUT2D eigenvalue weighted by Crippen LogP contribution is -2.77. The number of halogens is 2. The van der Waals surface area contributed by atoms with Crippen LogP contribution in [0.2, 0.25) is 5.02 Å². The minimum atomic E-state index is -0.719. The van der Waals surface area contributed by atoms with Crippen molar-refractivity contribution >= 4 is 35.3 Å². The molecule has 2 aromatic carbocycles. The lowest BCUT2D eigenvalue weighted by molar-refractivity contribution is -0.149. The van der Waals surface area contributed by atoms with E-state index >= 15 is 0 Å². The molecule has 9 heteroatoms. The molecule has 7 nitrogen and oxygen atoms in total. The van der Waals surface area contributed by atoms with Gasteiger partial charge in [0.1, 0.15) is 12.1 Å². The fourth-order valence-electron chi connectivity index (χ4n) is 4.04. The molecule has 0 aromatic heterocycles. The first kappa shape index (κ1) is 21.7. The van der Waals surface area contributed by atoms with Crippen molar-refractivity contribution in [3.63, 3.8) is 0 Å². The van der Waals surface area contributed by atoms with Gasteiger partial charge in [-0.3, -0.25) is 4.79 Å². The van der Waals surface area contributed by atoms with Crippen LogP contribution in [-0.2, 0) is 16.1 Å². The number of likely N-dealkylation sites (tertiary alicyclic amines) is 2. The van der Waals surface area contributed by atoms with Crippen LogP contribution in [0.1, 0.15) is 11.1 Å². The molecule has 2 aromatic rings. The van der Waals surface area contributed by atoms with Crippen LogP contribution >= 0.6 is 11.6 Å². The molecule has 4 rings (SSSR count). The van der Waals surface area contributed by atoms with Gasteiger partial charge in [0, 0.05) is 24.2 Å². The number of methoxy groups -OCH3 is 1. The Labute approximate surface area is 189 Å². The number of ether oxygens (including phenoxy) is 1. The third-order valence-corrected chi connectivity index (χ3v) is 5.82. The first-order valence-electron chi connectivity index (χ1n) is 9.96. The molecular weight excluding hydrogens is 435 g/mol. The number of carbonyl (C=O) groups is 2. The van der Waals surface area contributed by atoms with Crippen molar-refractivity contribution in [1.29, 1.82) is 0 Å². The Kier molecular flexibility index (Phi) is 6.05. The number of primary amides is 1. The van der Waals surface area contributed by atoms with Crippen LogP contribution in [0, 0.1) is 5.82 Å². The summed E-state index contributed by atoms with van der Waals surface area (Å²) in [6.07, 6.45) is 4.71. The van der Waals surface area contributed by atoms with E-state index in [1.807, 2.05) is 0 Å². The maximum absolute atomic E-state index is 13.2. The zero-order valence-corrected chi connectivity index (χ0v) is 18.1. The summed E-state index contributed by atoms with van der Waals surface area (Å²) in [6.45, 7) is 1.19. The number of carbonyl (C=O) groups excluding carboxylic acids is 2. The first-order valence-corrected chi connectivity index (χ1v) is 10.3. The molecular formula is C23H22ClFN4O3. The number of nitrogens with one attached hydrogen (secondary N) is 1. The van der Waals surface area contributed by atoms with E-state index in [0.29, 0.717) is 29.4 Å². The van der Waals surface area contributed by atoms with E-state index in [4.69, 9.17) is 22.1 Å². The molecule has 0 saturated carbocycles. The third-order valence-electron chi connectivity index (χ3n) is 5.59. The Morgan fingerprint density at radius 2 is 2.03 bits per heavy atom. The normalized spacial score (nSPS) is 20.5. The number of benzene rings is 2. The van der Waals surface area contributed by atoms with Gasteiger partial charge >= 0.3 is 6.03 Å². The fourth-order valence-corrected chi connectivity index (χ4v) is 4.21. The topological polar surface area (TPSA) is 87.9 Å². The highest BCUT2D eigenvalue weighted by molar-refractivity contribution is 6.31.